The smallest absolute Gasteiger partial charge is 0.343 e. The fourth-order valence-corrected chi connectivity index (χ4v) is 2.98. The number of rotatable bonds is 9. The van der Waals surface area contributed by atoms with Crippen LogP contribution < -0.4 is 10.2 Å². The summed E-state index contributed by atoms with van der Waals surface area (Å²) in [6.07, 6.45) is 0.980. The molecule has 0 aliphatic carbocycles. The summed E-state index contributed by atoms with van der Waals surface area (Å²) in [6.45, 7) is 1.68. The van der Waals surface area contributed by atoms with Crippen LogP contribution in [0, 0.1) is 10.1 Å². The minimum Gasteiger partial charge on any atom is -0.506 e. The Bertz CT molecular complexity index is 1370. The summed E-state index contributed by atoms with van der Waals surface area (Å²) in [5.74, 6) is -2.53. The van der Waals surface area contributed by atoms with Crippen LogP contribution in [0.5, 0.6) is 5.75 Å². The number of aliphatic hydroxyl groups excluding tert-OH is 1. The van der Waals surface area contributed by atoms with E-state index in [0.29, 0.717) is 5.56 Å². The van der Waals surface area contributed by atoms with Crippen LogP contribution in [0.3, 0.4) is 0 Å². The number of benzene rings is 3. The molecule has 0 heterocycles. The SMILES string of the molecule is CCOC(=O)C(C=NNC(=O)c1ccc(OC(=O)c2cccc([N+](=O)[O-])c2)cc1)=C(O)c1ccccc1. The lowest BCUT2D eigenvalue weighted by molar-refractivity contribution is -0.384. The Morgan fingerprint density at radius 3 is 2.30 bits per heavy atom. The van der Waals surface area contributed by atoms with Crippen LogP contribution in [0.2, 0.25) is 0 Å². The van der Waals surface area contributed by atoms with E-state index in [1.807, 2.05) is 0 Å². The third kappa shape index (κ3) is 7.09. The number of nitro groups is 1. The van der Waals surface area contributed by atoms with Crippen LogP contribution in [0.25, 0.3) is 5.76 Å². The second kappa shape index (κ2) is 12.4. The van der Waals surface area contributed by atoms with Gasteiger partial charge in [-0.25, -0.2) is 15.0 Å². The van der Waals surface area contributed by atoms with Gasteiger partial charge in [0.25, 0.3) is 11.6 Å². The highest BCUT2D eigenvalue weighted by Crippen LogP contribution is 2.18. The molecule has 0 saturated carbocycles. The Morgan fingerprint density at radius 1 is 0.973 bits per heavy atom. The normalized spacial score (nSPS) is 11.4. The van der Waals surface area contributed by atoms with E-state index in [2.05, 4.69) is 10.5 Å². The molecule has 3 aromatic carbocycles. The zero-order valence-corrected chi connectivity index (χ0v) is 19.5. The molecule has 11 heteroatoms. The zero-order valence-electron chi connectivity index (χ0n) is 19.5. The van der Waals surface area contributed by atoms with Crippen LogP contribution in [0.4, 0.5) is 5.69 Å². The van der Waals surface area contributed by atoms with Gasteiger partial charge in [-0.3, -0.25) is 14.9 Å². The van der Waals surface area contributed by atoms with E-state index in [1.165, 1.54) is 42.5 Å². The van der Waals surface area contributed by atoms with Crippen molar-refractivity contribution >= 4 is 35.5 Å². The quantitative estimate of drug-likeness (QED) is 0.0841. The average molecular weight is 503 g/mol. The topological polar surface area (TPSA) is 157 Å². The predicted molar refractivity (Wildman–Crippen MR) is 133 cm³/mol. The molecule has 0 saturated heterocycles. The second-order valence-corrected chi connectivity index (χ2v) is 7.27. The summed E-state index contributed by atoms with van der Waals surface area (Å²) in [5, 5.41) is 25.1. The number of hydrogen-bond acceptors (Lipinski definition) is 9. The molecule has 11 nitrogen and oxygen atoms in total. The molecule has 188 valence electrons. The van der Waals surface area contributed by atoms with Gasteiger partial charge < -0.3 is 14.6 Å². The van der Waals surface area contributed by atoms with E-state index in [1.54, 1.807) is 37.3 Å². The van der Waals surface area contributed by atoms with Crippen molar-refractivity contribution < 1.29 is 33.9 Å². The van der Waals surface area contributed by atoms with E-state index in [-0.39, 0.29) is 40.5 Å². The Labute approximate surface area is 210 Å². The summed E-state index contributed by atoms with van der Waals surface area (Å²) >= 11 is 0. The highest BCUT2D eigenvalue weighted by molar-refractivity contribution is 6.15. The number of nitro benzene ring substituents is 1. The van der Waals surface area contributed by atoms with Crippen LogP contribution in [-0.4, -0.2) is 40.7 Å². The van der Waals surface area contributed by atoms with Crippen molar-refractivity contribution in [1.29, 1.82) is 0 Å². The molecule has 0 aliphatic heterocycles. The van der Waals surface area contributed by atoms with Crippen molar-refractivity contribution in [2.45, 2.75) is 6.92 Å². The lowest BCUT2D eigenvalue weighted by Crippen LogP contribution is -2.19. The number of nitrogens with one attached hydrogen (secondary N) is 1. The fourth-order valence-electron chi connectivity index (χ4n) is 2.98. The lowest BCUT2D eigenvalue weighted by Gasteiger charge is -2.07. The summed E-state index contributed by atoms with van der Waals surface area (Å²) in [7, 11) is 0. The third-order valence-electron chi connectivity index (χ3n) is 4.78. The molecule has 0 unspecified atom stereocenters. The Kier molecular flexibility index (Phi) is 8.81. The van der Waals surface area contributed by atoms with Crippen LogP contribution >= 0.6 is 0 Å². The first-order valence-corrected chi connectivity index (χ1v) is 10.9. The maximum atomic E-state index is 12.4. The largest absolute Gasteiger partial charge is 0.506 e. The van der Waals surface area contributed by atoms with Crippen molar-refractivity contribution in [3.8, 4) is 5.75 Å². The first-order valence-electron chi connectivity index (χ1n) is 10.9. The van der Waals surface area contributed by atoms with E-state index in [9.17, 15) is 29.6 Å². The maximum absolute atomic E-state index is 12.4. The van der Waals surface area contributed by atoms with Gasteiger partial charge in [0.1, 0.15) is 17.1 Å². The summed E-state index contributed by atoms with van der Waals surface area (Å²) in [4.78, 5) is 47.2. The van der Waals surface area contributed by atoms with Gasteiger partial charge >= 0.3 is 11.9 Å². The first kappa shape index (κ1) is 26.3. The van der Waals surface area contributed by atoms with Gasteiger partial charge in [0.05, 0.1) is 23.3 Å². The van der Waals surface area contributed by atoms with Gasteiger partial charge in [0.15, 0.2) is 0 Å². The van der Waals surface area contributed by atoms with E-state index in [0.717, 1.165) is 12.3 Å². The van der Waals surface area contributed by atoms with Gasteiger partial charge in [-0.05, 0) is 37.3 Å². The molecule has 1 amide bonds. The van der Waals surface area contributed by atoms with Gasteiger partial charge in [-0.1, -0.05) is 36.4 Å². The van der Waals surface area contributed by atoms with Crippen molar-refractivity contribution in [2.24, 2.45) is 5.10 Å². The van der Waals surface area contributed by atoms with Gasteiger partial charge in [-0.15, -0.1) is 0 Å². The van der Waals surface area contributed by atoms with Crippen LogP contribution in [-0.2, 0) is 9.53 Å². The van der Waals surface area contributed by atoms with Crippen molar-refractivity contribution in [3.05, 3.63) is 111 Å². The number of nitrogens with zero attached hydrogens (tertiary/aromatic N) is 2. The monoisotopic (exact) mass is 503 g/mol. The van der Waals surface area contributed by atoms with Crippen molar-refractivity contribution in [3.63, 3.8) is 0 Å². The third-order valence-corrected chi connectivity index (χ3v) is 4.78. The number of hydrazone groups is 1. The number of hydrogen-bond donors (Lipinski definition) is 2. The molecule has 0 atom stereocenters. The standard InChI is InChI=1S/C26H21N3O8/c1-2-36-26(33)22(23(30)17-7-4-3-5-8-17)16-27-28-24(31)18-11-13-21(14-12-18)37-25(32)19-9-6-10-20(15-19)29(34)35/h3-16,30H,2H2,1H3,(H,28,31). The van der Waals surface area contributed by atoms with Gasteiger partial charge in [0, 0.05) is 23.3 Å². The molecule has 37 heavy (non-hydrogen) atoms. The van der Waals surface area contributed by atoms with E-state index >= 15 is 0 Å². The molecule has 0 aromatic heterocycles. The number of aliphatic hydroxyl groups is 1. The van der Waals surface area contributed by atoms with Crippen LogP contribution in [0.15, 0.2) is 89.5 Å². The molecule has 0 spiro atoms. The number of esters is 2. The lowest BCUT2D eigenvalue weighted by atomic mass is 10.1. The minimum absolute atomic E-state index is 0.00503. The average Bonchev–Trinajstić information content (AvgIpc) is 2.91. The van der Waals surface area contributed by atoms with E-state index < -0.39 is 22.8 Å². The molecule has 0 aliphatic rings. The molecule has 0 bridgehead atoms. The highest BCUT2D eigenvalue weighted by Gasteiger charge is 2.17. The number of non-ortho nitro benzene ring substituents is 1. The Morgan fingerprint density at radius 2 is 1.65 bits per heavy atom. The molecule has 3 rings (SSSR count). The molecule has 2 N–H and O–H groups in total. The zero-order chi connectivity index (χ0) is 26.8. The number of carbonyl (C=O) groups excluding carboxylic acids is 3. The van der Waals surface area contributed by atoms with Gasteiger partial charge in [-0.2, -0.15) is 5.10 Å². The molecular formula is C26H21N3O8. The van der Waals surface area contributed by atoms with Crippen molar-refractivity contribution in [1.82, 2.24) is 5.43 Å². The highest BCUT2D eigenvalue weighted by atomic mass is 16.6. The number of amides is 1. The number of carbonyl (C=O) groups is 3. The summed E-state index contributed by atoms with van der Waals surface area (Å²) in [6, 6.07) is 18.8. The Hall–Kier alpha value is -5.32. The maximum Gasteiger partial charge on any atom is 0.343 e. The summed E-state index contributed by atoms with van der Waals surface area (Å²) < 4.78 is 10.1. The number of ether oxygens (including phenoxy) is 2. The molecule has 3 aromatic rings. The molecular weight excluding hydrogens is 482 g/mol. The fraction of sp³-hybridized carbons (Fsp3) is 0.0769. The predicted octanol–water partition coefficient (Wildman–Crippen LogP) is 4.06. The Balaban J connectivity index is 1.67. The molecule has 0 radical (unpaired) electrons. The second-order valence-electron chi connectivity index (χ2n) is 7.27. The first-order chi connectivity index (χ1) is 17.8. The summed E-state index contributed by atoms with van der Waals surface area (Å²) in [5.41, 5.74) is 2.25. The van der Waals surface area contributed by atoms with Crippen molar-refractivity contribution in [2.75, 3.05) is 6.61 Å². The minimum atomic E-state index is -0.822. The van der Waals surface area contributed by atoms with Crippen LogP contribution in [0.1, 0.15) is 33.2 Å². The van der Waals surface area contributed by atoms with E-state index in [4.69, 9.17) is 9.47 Å². The molecule has 0 fully saturated rings. The van der Waals surface area contributed by atoms with Gasteiger partial charge in [0.2, 0.25) is 0 Å².